The Morgan fingerprint density at radius 3 is 2.35 bits per heavy atom. The van der Waals surface area contributed by atoms with Gasteiger partial charge in [-0.3, -0.25) is 14.8 Å². The second-order valence-corrected chi connectivity index (χ2v) is 8.73. The number of sulfonamides is 1. The molecule has 31 heavy (non-hydrogen) atoms. The van der Waals surface area contributed by atoms with Crippen LogP contribution in [0.4, 0.5) is 30.2 Å². The number of hydrogen-bond acceptors (Lipinski definition) is 6. The van der Waals surface area contributed by atoms with Gasteiger partial charge in [-0.15, -0.1) is 0 Å². The molecule has 1 N–H and O–H groups in total. The van der Waals surface area contributed by atoms with Gasteiger partial charge in [0.1, 0.15) is 0 Å². The van der Waals surface area contributed by atoms with E-state index in [4.69, 9.17) is 4.74 Å². The molecule has 1 saturated heterocycles. The van der Waals surface area contributed by atoms with E-state index in [0.29, 0.717) is 31.9 Å². The highest BCUT2D eigenvalue weighted by atomic mass is 32.2. The van der Waals surface area contributed by atoms with Crippen molar-refractivity contribution in [1.82, 2.24) is 0 Å². The first kappa shape index (κ1) is 22.8. The predicted octanol–water partition coefficient (Wildman–Crippen LogP) is 3.87. The Morgan fingerprint density at radius 2 is 1.77 bits per heavy atom. The number of aryl methyl sites for hydroxylation is 1. The van der Waals surface area contributed by atoms with Crippen LogP contribution in [0.3, 0.4) is 0 Å². The number of morpholine rings is 1. The first-order chi connectivity index (χ1) is 14.4. The number of anilines is 2. The number of nitro groups is 1. The fraction of sp³-hybridized carbons (Fsp3) is 0.368. The molecule has 1 heterocycles. The van der Waals surface area contributed by atoms with Gasteiger partial charge in [-0.25, -0.2) is 8.42 Å². The van der Waals surface area contributed by atoms with Crippen LogP contribution in [0.15, 0.2) is 35.2 Å². The molecule has 168 valence electrons. The maximum Gasteiger partial charge on any atom is 0.416 e. The molecule has 1 fully saturated rings. The molecule has 0 aliphatic carbocycles. The lowest BCUT2D eigenvalue weighted by molar-refractivity contribution is -0.385. The summed E-state index contributed by atoms with van der Waals surface area (Å²) in [6.45, 7) is 4.42. The van der Waals surface area contributed by atoms with Crippen molar-refractivity contribution in [1.29, 1.82) is 0 Å². The van der Waals surface area contributed by atoms with Crippen molar-refractivity contribution in [2.75, 3.05) is 35.9 Å². The Labute approximate surface area is 176 Å². The van der Waals surface area contributed by atoms with Gasteiger partial charge in [-0.1, -0.05) is 0 Å². The largest absolute Gasteiger partial charge is 0.416 e. The lowest BCUT2D eigenvalue weighted by Gasteiger charge is -2.31. The minimum atomic E-state index is -4.68. The van der Waals surface area contributed by atoms with E-state index in [-0.39, 0.29) is 21.8 Å². The van der Waals surface area contributed by atoms with Crippen LogP contribution >= 0.6 is 0 Å². The Balaban J connectivity index is 2.10. The minimum absolute atomic E-state index is 0.262. The third kappa shape index (κ3) is 4.90. The van der Waals surface area contributed by atoms with Crippen molar-refractivity contribution in [2.24, 2.45) is 0 Å². The molecule has 1 aliphatic heterocycles. The lowest BCUT2D eigenvalue weighted by atomic mass is 10.1. The topological polar surface area (TPSA) is 102 Å². The maximum absolute atomic E-state index is 13.3. The van der Waals surface area contributed by atoms with E-state index < -0.39 is 32.4 Å². The summed E-state index contributed by atoms with van der Waals surface area (Å²) in [4.78, 5) is 11.8. The second kappa shape index (κ2) is 8.35. The number of halogens is 3. The molecular formula is C19H20F3N3O5S. The molecular weight excluding hydrogens is 439 g/mol. The van der Waals surface area contributed by atoms with E-state index in [0.717, 1.165) is 18.2 Å². The van der Waals surface area contributed by atoms with Crippen LogP contribution < -0.4 is 9.62 Å². The van der Waals surface area contributed by atoms with Gasteiger partial charge in [0.15, 0.2) is 0 Å². The molecule has 0 unspecified atom stereocenters. The summed E-state index contributed by atoms with van der Waals surface area (Å²) in [5, 5.41) is 11.2. The third-order valence-electron chi connectivity index (χ3n) is 5.02. The quantitative estimate of drug-likeness (QED) is 0.538. The molecule has 12 heteroatoms. The predicted molar refractivity (Wildman–Crippen MR) is 108 cm³/mol. The number of nitro benzene ring substituents is 1. The summed E-state index contributed by atoms with van der Waals surface area (Å²) in [6, 6.07) is 4.94. The average Bonchev–Trinajstić information content (AvgIpc) is 2.69. The summed E-state index contributed by atoms with van der Waals surface area (Å²) in [5.74, 6) is 0. The third-order valence-corrected chi connectivity index (χ3v) is 6.52. The summed E-state index contributed by atoms with van der Waals surface area (Å²) in [7, 11) is -4.43. The number of nitrogens with zero attached hydrogens (tertiary/aromatic N) is 2. The number of nitrogens with one attached hydrogen (secondary N) is 1. The number of alkyl halides is 3. The highest BCUT2D eigenvalue weighted by Crippen LogP contribution is 2.37. The van der Waals surface area contributed by atoms with E-state index in [1.165, 1.54) is 26.0 Å². The van der Waals surface area contributed by atoms with E-state index >= 15 is 0 Å². The average molecular weight is 459 g/mol. The SMILES string of the molecule is Cc1cc([N+](=O)[O-])cc(S(=O)(=O)Nc2cc(C(F)(F)F)ccc2N2CCOCC2)c1C. The van der Waals surface area contributed by atoms with Crippen LogP contribution in [0.2, 0.25) is 0 Å². The van der Waals surface area contributed by atoms with Gasteiger partial charge < -0.3 is 9.64 Å². The van der Waals surface area contributed by atoms with Crippen molar-refractivity contribution in [2.45, 2.75) is 24.9 Å². The fourth-order valence-corrected chi connectivity index (χ4v) is 4.67. The molecule has 8 nitrogen and oxygen atoms in total. The number of rotatable bonds is 5. The molecule has 0 saturated carbocycles. The fourth-order valence-electron chi connectivity index (χ4n) is 3.27. The summed E-state index contributed by atoms with van der Waals surface area (Å²) in [6.07, 6.45) is -4.68. The summed E-state index contributed by atoms with van der Waals surface area (Å²) in [5.41, 5.74) is -0.819. The van der Waals surface area contributed by atoms with E-state index in [9.17, 15) is 31.7 Å². The van der Waals surface area contributed by atoms with E-state index in [2.05, 4.69) is 4.72 Å². The highest BCUT2D eigenvalue weighted by Gasteiger charge is 2.33. The minimum Gasteiger partial charge on any atom is -0.378 e. The molecule has 0 bridgehead atoms. The zero-order valence-electron chi connectivity index (χ0n) is 16.7. The van der Waals surface area contributed by atoms with Gasteiger partial charge in [0.25, 0.3) is 15.7 Å². The van der Waals surface area contributed by atoms with Crippen LogP contribution in [0.25, 0.3) is 0 Å². The first-order valence-electron chi connectivity index (χ1n) is 9.22. The van der Waals surface area contributed by atoms with Crippen molar-refractivity contribution in [3.05, 3.63) is 57.1 Å². The summed E-state index contributed by atoms with van der Waals surface area (Å²) >= 11 is 0. The van der Waals surface area contributed by atoms with Crippen LogP contribution in [-0.2, 0) is 20.9 Å². The number of benzene rings is 2. The maximum atomic E-state index is 13.3. The van der Waals surface area contributed by atoms with Crippen molar-refractivity contribution < 1.29 is 31.2 Å². The highest BCUT2D eigenvalue weighted by molar-refractivity contribution is 7.92. The van der Waals surface area contributed by atoms with Gasteiger partial charge >= 0.3 is 6.18 Å². The van der Waals surface area contributed by atoms with Gasteiger partial charge in [-0.05, 0) is 43.2 Å². The molecule has 0 aromatic heterocycles. The van der Waals surface area contributed by atoms with Crippen LogP contribution in [0.5, 0.6) is 0 Å². The Bertz CT molecular complexity index is 1110. The molecule has 0 radical (unpaired) electrons. The second-order valence-electron chi connectivity index (χ2n) is 7.08. The first-order valence-corrected chi connectivity index (χ1v) is 10.7. The van der Waals surface area contributed by atoms with Crippen LogP contribution in [-0.4, -0.2) is 39.6 Å². The Hall–Kier alpha value is -2.86. The molecule has 2 aromatic rings. The van der Waals surface area contributed by atoms with Gasteiger partial charge in [0, 0.05) is 25.2 Å². The number of non-ortho nitro benzene ring substituents is 1. The smallest absolute Gasteiger partial charge is 0.378 e. The molecule has 0 atom stereocenters. The van der Waals surface area contributed by atoms with E-state index in [1.807, 2.05) is 0 Å². The Morgan fingerprint density at radius 1 is 1.13 bits per heavy atom. The normalized spacial score (nSPS) is 15.1. The Kier molecular flexibility index (Phi) is 6.14. The van der Waals surface area contributed by atoms with Gasteiger partial charge in [0.05, 0.1) is 40.0 Å². The van der Waals surface area contributed by atoms with Crippen molar-refractivity contribution in [3.63, 3.8) is 0 Å². The van der Waals surface area contributed by atoms with E-state index in [1.54, 1.807) is 4.90 Å². The molecule has 0 spiro atoms. The monoisotopic (exact) mass is 459 g/mol. The molecule has 0 amide bonds. The van der Waals surface area contributed by atoms with Crippen LogP contribution in [0, 0.1) is 24.0 Å². The van der Waals surface area contributed by atoms with Crippen LogP contribution in [0.1, 0.15) is 16.7 Å². The standard InChI is InChI=1S/C19H20F3N3O5S/c1-12-9-15(25(26)27)11-18(13(12)2)31(28,29)23-16-10-14(19(20,21)22)3-4-17(16)24-5-7-30-8-6-24/h3-4,9-11,23H,5-8H2,1-2H3. The van der Waals surface area contributed by atoms with Gasteiger partial charge in [-0.2, -0.15) is 13.2 Å². The number of hydrogen-bond donors (Lipinski definition) is 1. The molecule has 3 rings (SSSR count). The molecule has 2 aromatic carbocycles. The zero-order valence-corrected chi connectivity index (χ0v) is 17.5. The lowest BCUT2D eigenvalue weighted by Crippen LogP contribution is -2.37. The molecule has 1 aliphatic rings. The number of ether oxygens (including phenoxy) is 1. The van der Waals surface area contributed by atoms with Crippen molar-refractivity contribution >= 4 is 27.1 Å². The van der Waals surface area contributed by atoms with Gasteiger partial charge in [0.2, 0.25) is 0 Å². The summed E-state index contributed by atoms with van der Waals surface area (Å²) < 4.78 is 73.5. The zero-order chi connectivity index (χ0) is 23.0. The van der Waals surface area contributed by atoms with Crippen molar-refractivity contribution in [3.8, 4) is 0 Å².